The molecule has 1 aliphatic carbocycles. The Morgan fingerprint density at radius 3 is 2.40 bits per heavy atom. The summed E-state index contributed by atoms with van der Waals surface area (Å²) in [6.45, 7) is 1.63. The molecule has 6 nitrogen and oxygen atoms in total. The maximum atomic E-state index is 12.3. The Hall–Kier alpha value is -2.15. The molecule has 1 saturated carbocycles. The summed E-state index contributed by atoms with van der Waals surface area (Å²) in [7, 11) is 0. The standard InChI is InChI=1S/C18H20BrN3O3/c19-14-3-1-2-13(12-14)4-7-16(23)21-8-10-22(11-9-21)18(25)17(24)20-15-5-6-15/h1-4,7,12,15H,5-6,8-11H2,(H,20,24)/b7-4+. The summed E-state index contributed by atoms with van der Waals surface area (Å²) in [6.07, 6.45) is 5.21. The van der Waals surface area contributed by atoms with E-state index in [0.717, 1.165) is 22.9 Å². The number of halogens is 1. The Morgan fingerprint density at radius 1 is 1.08 bits per heavy atom. The SMILES string of the molecule is O=C(NC1CC1)C(=O)N1CCN(C(=O)/C=C/c2cccc(Br)c2)CC1. The average molecular weight is 406 g/mol. The molecule has 1 aromatic carbocycles. The van der Waals surface area contributed by atoms with E-state index in [2.05, 4.69) is 21.2 Å². The van der Waals surface area contributed by atoms with Crippen LogP contribution in [0, 0.1) is 0 Å². The molecule has 0 atom stereocenters. The van der Waals surface area contributed by atoms with Crippen molar-refractivity contribution in [2.75, 3.05) is 26.2 Å². The van der Waals surface area contributed by atoms with Crippen molar-refractivity contribution in [2.45, 2.75) is 18.9 Å². The van der Waals surface area contributed by atoms with Gasteiger partial charge in [0.1, 0.15) is 0 Å². The van der Waals surface area contributed by atoms with E-state index < -0.39 is 11.8 Å². The van der Waals surface area contributed by atoms with Gasteiger partial charge in [0.2, 0.25) is 5.91 Å². The van der Waals surface area contributed by atoms with E-state index in [1.807, 2.05) is 24.3 Å². The van der Waals surface area contributed by atoms with Crippen LogP contribution in [0.1, 0.15) is 18.4 Å². The second kappa shape index (κ2) is 7.82. The van der Waals surface area contributed by atoms with Crippen molar-refractivity contribution >= 4 is 39.7 Å². The van der Waals surface area contributed by atoms with Gasteiger partial charge in [-0.25, -0.2) is 0 Å². The fraction of sp³-hybridized carbons (Fsp3) is 0.389. The summed E-state index contributed by atoms with van der Waals surface area (Å²) in [5.41, 5.74) is 0.938. The number of hydrogen-bond donors (Lipinski definition) is 1. The molecule has 0 aromatic heterocycles. The van der Waals surface area contributed by atoms with Crippen LogP contribution in [0.25, 0.3) is 6.08 Å². The first kappa shape index (κ1) is 17.7. The van der Waals surface area contributed by atoms with Gasteiger partial charge < -0.3 is 15.1 Å². The zero-order chi connectivity index (χ0) is 17.8. The molecule has 1 N–H and O–H groups in total. The van der Waals surface area contributed by atoms with Crippen LogP contribution in [0.5, 0.6) is 0 Å². The van der Waals surface area contributed by atoms with Crippen LogP contribution in [-0.2, 0) is 14.4 Å². The van der Waals surface area contributed by atoms with Gasteiger partial charge >= 0.3 is 11.8 Å². The van der Waals surface area contributed by atoms with Crippen molar-refractivity contribution in [2.24, 2.45) is 0 Å². The van der Waals surface area contributed by atoms with Gasteiger partial charge in [0, 0.05) is 42.8 Å². The summed E-state index contributed by atoms with van der Waals surface area (Å²) in [4.78, 5) is 39.3. The van der Waals surface area contributed by atoms with Crippen LogP contribution >= 0.6 is 15.9 Å². The normalized spacial score (nSPS) is 17.6. The third-order valence-electron chi connectivity index (χ3n) is 4.25. The Bertz CT molecular complexity index is 707. The highest BCUT2D eigenvalue weighted by molar-refractivity contribution is 9.10. The van der Waals surface area contributed by atoms with E-state index in [-0.39, 0.29) is 11.9 Å². The highest BCUT2D eigenvalue weighted by atomic mass is 79.9. The van der Waals surface area contributed by atoms with Gasteiger partial charge in [0.15, 0.2) is 0 Å². The van der Waals surface area contributed by atoms with E-state index >= 15 is 0 Å². The molecule has 3 amide bonds. The number of carbonyl (C=O) groups excluding carboxylic acids is 3. The van der Waals surface area contributed by atoms with Gasteiger partial charge in [0.05, 0.1) is 0 Å². The van der Waals surface area contributed by atoms with Gasteiger partial charge in [-0.1, -0.05) is 28.1 Å². The van der Waals surface area contributed by atoms with Crippen molar-refractivity contribution in [1.82, 2.24) is 15.1 Å². The number of carbonyl (C=O) groups is 3. The molecular weight excluding hydrogens is 386 g/mol. The summed E-state index contributed by atoms with van der Waals surface area (Å²) in [5, 5.41) is 2.70. The summed E-state index contributed by atoms with van der Waals surface area (Å²) < 4.78 is 0.957. The number of rotatable bonds is 3. The summed E-state index contributed by atoms with van der Waals surface area (Å²) in [6, 6.07) is 7.85. The Labute approximate surface area is 155 Å². The first-order chi connectivity index (χ1) is 12.0. The summed E-state index contributed by atoms with van der Waals surface area (Å²) in [5.74, 6) is -1.12. The lowest BCUT2D eigenvalue weighted by atomic mass is 10.2. The smallest absolute Gasteiger partial charge is 0.312 e. The van der Waals surface area contributed by atoms with Gasteiger partial charge in [-0.05, 0) is 36.6 Å². The van der Waals surface area contributed by atoms with E-state index in [0.29, 0.717) is 26.2 Å². The van der Waals surface area contributed by atoms with Gasteiger partial charge in [-0.2, -0.15) is 0 Å². The largest absolute Gasteiger partial charge is 0.345 e. The number of benzene rings is 1. The minimum absolute atomic E-state index is 0.0884. The van der Waals surface area contributed by atoms with E-state index in [9.17, 15) is 14.4 Å². The number of nitrogens with one attached hydrogen (secondary N) is 1. The van der Waals surface area contributed by atoms with E-state index in [4.69, 9.17) is 0 Å². The first-order valence-corrected chi connectivity index (χ1v) is 9.14. The predicted octanol–water partition coefficient (Wildman–Crippen LogP) is 1.41. The van der Waals surface area contributed by atoms with Crippen LogP contribution in [0.4, 0.5) is 0 Å². The fourth-order valence-corrected chi connectivity index (χ4v) is 3.05. The maximum Gasteiger partial charge on any atom is 0.312 e. The molecule has 1 aliphatic heterocycles. The van der Waals surface area contributed by atoms with Crippen LogP contribution in [0.15, 0.2) is 34.8 Å². The second-order valence-corrected chi connectivity index (χ2v) is 7.17. The van der Waals surface area contributed by atoms with Crippen LogP contribution in [-0.4, -0.2) is 59.7 Å². The van der Waals surface area contributed by atoms with Crippen LogP contribution in [0.3, 0.4) is 0 Å². The van der Waals surface area contributed by atoms with Crippen molar-refractivity contribution in [3.05, 3.63) is 40.4 Å². The highest BCUT2D eigenvalue weighted by Gasteiger charge is 2.31. The molecule has 132 valence electrons. The number of amides is 3. The Kier molecular flexibility index (Phi) is 5.53. The lowest BCUT2D eigenvalue weighted by molar-refractivity contribution is -0.148. The third-order valence-corrected chi connectivity index (χ3v) is 4.75. The zero-order valence-corrected chi connectivity index (χ0v) is 15.4. The molecule has 25 heavy (non-hydrogen) atoms. The van der Waals surface area contributed by atoms with Crippen LogP contribution in [0.2, 0.25) is 0 Å². The Balaban J connectivity index is 1.48. The van der Waals surface area contributed by atoms with Crippen LogP contribution < -0.4 is 5.32 Å². The van der Waals surface area contributed by atoms with Crippen molar-refractivity contribution in [3.63, 3.8) is 0 Å². The molecule has 0 unspecified atom stereocenters. The maximum absolute atomic E-state index is 12.3. The molecule has 1 saturated heterocycles. The molecule has 0 bridgehead atoms. The quantitative estimate of drug-likeness (QED) is 0.610. The molecule has 3 rings (SSSR count). The molecule has 1 heterocycles. The molecule has 0 spiro atoms. The molecule has 2 aliphatic rings. The number of nitrogens with zero attached hydrogens (tertiary/aromatic N) is 2. The second-order valence-electron chi connectivity index (χ2n) is 6.25. The first-order valence-electron chi connectivity index (χ1n) is 8.35. The van der Waals surface area contributed by atoms with Crippen molar-refractivity contribution < 1.29 is 14.4 Å². The van der Waals surface area contributed by atoms with E-state index in [1.165, 1.54) is 4.90 Å². The minimum Gasteiger partial charge on any atom is -0.345 e. The monoisotopic (exact) mass is 405 g/mol. The van der Waals surface area contributed by atoms with Gasteiger partial charge in [-0.15, -0.1) is 0 Å². The zero-order valence-electron chi connectivity index (χ0n) is 13.8. The minimum atomic E-state index is -0.531. The third kappa shape index (κ3) is 4.92. The molecule has 1 aromatic rings. The van der Waals surface area contributed by atoms with E-state index in [1.54, 1.807) is 17.1 Å². The van der Waals surface area contributed by atoms with Crippen molar-refractivity contribution in [3.8, 4) is 0 Å². The topological polar surface area (TPSA) is 69.7 Å². The number of hydrogen-bond acceptors (Lipinski definition) is 3. The Morgan fingerprint density at radius 2 is 1.76 bits per heavy atom. The lowest BCUT2D eigenvalue weighted by Gasteiger charge is -2.33. The molecule has 0 radical (unpaired) electrons. The fourth-order valence-electron chi connectivity index (χ4n) is 2.63. The lowest BCUT2D eigenvalue weighted by Crippen LogP contribution is -2.53. The highest BCUT2D eigenvalue weighted by Crippen LogP contribution is 2.18. The average Bonchev–Trinajstić information content (AvgIpc) is 3.43. The summed E-state index contributed by atoms with van der Waals surface area (Å²) >= 11 is 3.40. The number of piperazine rings is 1. The predicted molar refractivity (Wildman–Crippen MR) is 97.5 cm³/mol. The van der Waals surface area contributed by atoms with Crippen molar-refractivity contribution in [1.29, 1.82) is 0 Å². The van der Waals surface area contributed by atoms with Gasteiger partial charge in [0.25, 0.3) is 0 Å². The molecule has 2 fully saturated rings. The molecule has 7 heteroatoms. The molecular formula is C18H20BrN3O3. The van der Waals surface area contributed by atoms with Gasteiger partial charge in [-0.3, -0.25) is 14.4 Å².